The highest BCUT2D eigenvalue weighted by Crippen LogP contribution is 2.30. The molecule has 0 saturated carbocycles. The monoisotopic (exact) mass is 268 g/mol. The van der Waals surface area contributed by atoms with Gasteiger partial charge in [0.15, 0.2) is 0 Å². The van der Waals surface area contributed by atoms with Gasteiger partial charge in [0.25, 0.3) is 0 Å². The lowest BCUT2D eigenvalue weighted by Gasteiger charge is -2.18. The van der Waals surface area contributed by atoms with Crippen molar-refractivity contribution in [1.29, 1.82) is 0 Å². The lowest BCUT2D eigenvalue weighted by Crippen LogP contribution is -2.29. The molecule has 0 amide bonds. The first-order valence-corrected chi connectivity index (χ1v) is 7.63. The maximum absolute atomic E-state index is 12.6. The molecule has 4 nitrogen and oxygen atoms in total. The van der Waals surface area contributed by atoms with Gasteiger partial charge in [-0.2, -0.15) is 4.31 Å². The number of rotatable bonds is 2. The molecule has 5 heteroatoms. The van der Waals surface area contributed by atoms with Crippen LogP contribution in [0.15, 0.2) is 23.1 Å². The van der Waals surface area contributed by atoms with Crippen molar-refractivity contribution in [3.05, 3.63) is 23.8 Å². The van der Waals surface area contributed by atoms with Gasteiger partial charge in [-0.05, 0) is 36.5 Å². The summed E-state index contributed by atoms with van der Waals surface area (Å²) < 4.78 is 26.7. The zero-order valence-corrected chi connectivity index (χ0v) is 11.9. The Balaban J connectivity index is 2.41. The predicted molar refractivity (Wildman–Crippen MR) is 72.7 cm³/mol. The molecule has 0 aromatic heterocycles. The summed E-state index contributed by atoms with van der Waals surface area (Å²) in [7, 11) is -3.40. The molecular weight excluding hydrogens is 248 g/mol. The fraction of sp³-hybridized carbons (Fsp3) is 0.538. The molecule has 0 aliphatic carbocycles. The largest absolute Gasteiger partial charge is 0.398 e. The third-order valence-corrected chi connectivity index (χ3v) is 5.87. The first-order chi connectivity index (χ1) is 8.34. The Bertz CT molecular complexity index is 544. The molecular formula is C13H20N2O2S. The van der Waals surface area contributed by atoms with Crippen LogP contribution in [-0.4, -0.2) is 25.8 Å². The van der Waals surface area contributed by atoms with E-state index in [1.165, 1.54) is 0 Å². The minimum atomic E-state index is -3.40. The summed E-state index contributed by atoms with van der Waals surface area (Å²) >= 11 is 0. The standard InChI is InChI=1S/C13H20N2O2S/c1-9-7-15(8-10(9)2)18(16,17)13-6-4-5-12(14)11(13)3/h4-6,9-10H,7-8,14H2,1-3H3. The van der Waals surface area contributed by atoms with Gasteiger partial charge < -0.3 is 5.73 Å². The third-order valence-electron chi connectivity index (χ3n) is 3.90. The SMILES string of the molecule is Cc1c(N)cccc1S(=O)(=O)N1CC(C)C(C)C1. The van der Waals surface area contributed by atoms with Crippen molar-refractivity contribution >= 4 is 15.7 Å². The fourth-order valence-electron chi connectivity index (χ4n) is 2.32. The van der Waals surface area contributed by atoms with Crippen molar-refractivity contribution in [3.63, 3.8) is 0 Å². The smallest absolute Gasteiger partial charge is 0.243 e. The second-order valence-corrected chi connectivity index (χ2v) is 7.15. The Labute approximate surface area is 109 Å². The molecule has 1 aromatic rings. The molecule has 2 atom stereocenters. The Morgan fingerprint density at radius 3 is 2.33 bits per heavy atom. The van der Waals surface area contributed by atoms with Gasteiger partial charge in [-0.3, -0.25) is 0 Å². The van der Waals surface area contributed by atoms with Gasteiger partial charge in [-0.15, -0.1) is 0 Å². The van der Waals surface area contributed by atoms with E-state index in [2.05, 4.69) is 13.8 Å². The van der Waals surface area contributed by atoms with Crippen LogP contribution in [0, 0.1) is 18.8 Å². The number of nitrogens with two attached hydrogens (primary N) is 1. The van der Waals surface area contributed by atoms with Gasteiger partial charge in [0.05, 0.1) is 4.90 Å². The fourth-order valence-corrected chi connectivity index (χ4v) is 4.22. The molecule has 0 bridgehead atoms. The van der Waals surface area contributed by atoms with Gasteiger partial charge >= 0.3 is 0 Å². The van der Waals surface area contributed by atoms with E-state index >= 15 is 0 Å². The van der Waals surface area contributed by atoms with E-state index in [1.54, 1.807) is 29.4 Å². The Morgan fingerprint density at radius 2 is 1.78 bits per heavy atom. The van der Waals surface area contributed by atoms with E-state index in [0.717, 1.165) is 0 Å². The number of hydrogen-bond acceptors (Lipinski definition) is 3. The highest BCUT2D eigenvalue weighted by atomic mass is 32.2. The van der Waals surface area contributed by atoms with E-state index < -0.39 is 10.0 Å². The molecule has 1 aliphatic rings. The van der Waals surface area contributed by atoms with Gasteiger partial charge in [-0.1, -0.05) is 19.9 Å². The summed E-state index contributed by atoms with van der Waals surface area (Å²) in [5.74, 6) is 0.808. The summed E-state index contributed by atoms with van der Waals surface area (Å²) in [6.45, 7) is 7.12. The zero-order chi connectivity index (χ0) is 13.5. The van der Waals surface area contributed by atoms with E-state index in [9.17, 15) is 8.42 Å². The first kappa shape index (κ1) is 13.4. The molecule has 1 heterocycles. The van der Waals surface area contributed by atoms with E-state index in [-0.39, 0.29) is 0 Å². The van der Waals surface area contributed by atoms with E-state index in [4.69, 9.17) is 5.73 Å². The molecule has 18 heavy (non-hydrogen) atoms. The number of hydrogen-bond donors (Lipinski definition) is 1. The average molecular weight is 268 g/mol. The number of benzene rings is 1. The average Bonchev–Trinajstić information content (AvgIpc) is 2.63. The second kappa shape index (κ2) is 4.55. The van der Waals surface area contributed by atoms with Crippen LogP contribution in [-0.2, 0) is 10.0 Å². The summed E-state index contributed by atoms with van der Waals surface area (Å²) in [5, 5.41) is 0. The molecule has 1 aromatic carbocycles. The Morgan fingerprint density at radius 1 is 1.22 bits per heavy atom. The minimum Gasteiger partial charge on any atom is -0.398 e. The Hall–Kier alpha value is -1.07. The summed E-state index contributed by atoms with van der Waals surface area (Å²) in [6, 6.07) is 5.05. The number of nitrogen functional groups attached to an aromatic ring is 1. The number of anilines is 1. The third kappa shape index (κ3) is 2.12. The highest BCUT2D eigenvalue weighted by molar-refractivity contribution is 7.89. The predicted octanol–water partition coefficient (Wildman–Crippen LogP) is 1.85. The van der Waals surface area contributed by atoms with Crippen LogP contribution in [0.3, 0.4) is 0 Å². The molecule has 2 unspecified atom stereocenters. The molecule has 2 rings (SSSR count). The van der Waals surface area contributed by atoms with Crippen molar-refractivity contribution in [2.75, 3.05) is 18.8 Å². The van der Waals surface area contributed by atoms with Crippen LogP contribution in [0.5, 0.6) is 0 Å². The normalized spacial score (nSPS) is 25.5. The van der Waals surface area contributed by atoms with Crippen LogP contribution in [0.1, 0.15) is 19.4 Å². The molecule has 1 saturated heterocycles. The van der Waals surface area contributed by atoms with Gasteiger partial charge in [-0.25, -0.2) is 8.42 Å². The van der Waals surface area contributed by atoms with Gasteiger partial charge in [0.2, 0.25) is 10.0 Å². The maximum Gasteiger partial charge on any atom is 0.243 e. The van der Waals surface area contributed by atoms with E-state index in [1.807, 2.05) is 0 Å². The molecule has 1 aliphatic heterocycles. The maximum atomic E-state index is 12.6. The minimum absolute atomic E-state index is 0.337. The topological polar surface area (TPSA) is 63.4 Å². The molecule has 100 valence electrons. The van der Waals surface area contributed by atoms with Crippen molar-refractivity contribution < 1.29 is 8.42 Å². The lowest BCUT2D eigenvalue weighted by molar-refractivity contribution is 0.463. The molecule has 2 N–H and O–H groups in total. The van der Waals surface area contributed by atoms with Crippen LogP contribution < -0.4 is 5.73 Å². The molecule has 0 radical (unpaired) electrons. The lowest BCUT2D eigenvalue weighted by atomic mass is 10.0. The van der Waals surface area contributed by atoms with Crippen molar-refractivity contribution in [1.82, 2.24) is 4.31 Å². The van der Waals surface area contributed by atoms with Crippen molar-refractivity contribution in [3.8, 4) is 0 Å². The highest BCUT2D eigenvalue weighted by Gasteiger charge is 2.35. The summed E-state index contributed by atoms with van der Waals surface area (Å²) in [5.41, 5.74) is 6.96. The Kier molecular flexibility index (Phi) is 3.38. The van der Waals surface area contributed by atoms with Crippen LogP contribution >= 0.6 is 0 Å². The van der Waals surface area contributed by atoms with Crippen LogP contribution in [0.25, 0.3) is 0 Å². The first-order valence-electron chi connectivity index (χ1n) is 6.19. The van der Waals surface area contributed by atoms with Crippen molar-refractivity contribution in [2.45, 2.75) is 25.7 Å². The number of sulfonamides is 1. The van der Waals surface area contributed by atoms with Crippen LogP contribution in [0.2, 0.25) is 0 Å². The van der Waals surface area contributed by atoms with Crippen LogP contribution in [0.4, 0.5) is 5.69 Å². The van der Waals surface area contributed by atoms with Crippen molar-refractivity contribution in [2.24, 2.45) is 11.8 Å². The van der Waals surface area contributed by atoms with Gasteiger partial charge in [0.1, 0.15) is 0 Å². The summed E-state index contributed by atoms with van der Waals surface area (Å²) in [4.78, 5) is 0.337. The molecule has 0 spiro atoms. The quantitative estimate of drug-likeness (QED) is 0.833. The second-order valence-electron chi connectivity index (χ2n) is 5.25. The van der Waals surface area contributed by atoms with E-state index in [0.29, 0.717) is 41.1 Å². The summed E-state index contributed by atoms with van der Waals surface area (Å²) in [6.07, 6.45) is 0. The number of nitrogens with zero attached hydrogens (tertiary/aromatic N) is 1. The molecule has 1 fully saturated rings. The zero-order valence-electron chi connectivity index (χ0n) is 11.1. The van der Waals surface area contributed by atoms with Gasteiger partial charge in [0, 0.05) is 18.8 Å².